The number of aromatic nitrogens is 4. The normalized spacial score (nSPS) is 11.2. The summed E-state index contributed by atoms with van der Waals surface area (Å²) in [6.07, 6.45) is 1.84. The number of guanidine groups is 1. The van der Waals surface area contributed by atoms with Gasteiger partial charge in [0.05, 0.1) is 25.0 Å². The summed E-state index contributed by atoms with van der Waals surface area (Å²) < 4.78 is 5.35. The van der Waals surface area contributed by atoms with E-state index in [0.717, 1.165) is 22.6 Å². The summed E-state index contributed by atoms with van der Waals surface area (Å²) in [6.45, 7) is 0.905. The molecule has 0 amide bonds. The van der Waals surface area contributed by atoms with Gasteiger partial charge in [0.15, 0.2) is 5.96 Å². The maximum atomic E-state index is 6.03. The van der Waals surface area contributed by atoms with E-state index in [4.69, 9.17) is 16.1 Å². The molecule has 166 valence electrons. The number of rotatable bonds is 6. The SMILES string of the molecule is CN=C(NCc1nc(-c2cccc(Cl)c2)no1)N(C)Cc1ncc(-c2ccccc2)[nH]1.I. The van der Waals surface area contributed by atoms with E-state index in [1.165, 1.54) is 0 Å². The smallest absolute Gasteiger partial charge is 0.246 e. The Balaban J connectivity index is 0.00000289. The van der Waals surface area contributed by atoms with Gasteiger partial charge in [0.1, 0.15) is 5.82 Å². The van der Waals surface area contributed by atoms with Crippen molar-refractivity contribution in [1.82, 2.24) is 30.3 Å². The van der Waals surface area contributed by atoms with E-state index in [9.17, 15) is 0 Å². The molecule has 10 heteroatoms. The first-order valence-electron chi connectivity index (χ1n) is 9.72. The first-order valence-corrected chi connectivity index (χ1v) is 10.1. The average molecular weight is 564 g/mol. The Bertz CT molecular complexity index is 1180. The molecule has 0 aliphatic rings. The van der Waals surface area contributed by atoms with Gasteiger partial charge in [-0.1, -0.05) is 59.2 Å². The summed E-state index contributed by atoms with van der Waals surface area (Å²) in [6, 6.07) is 17.4. The van der Waals surface area contributed by atoms with E-state index in [1.54, 1.807) is 19.2 Å². The lowest BCUT2D eigenvalue weighted by Crippen LogP contribution is -2.38. The highest BCUT2D eigenvalue weighted by atomic mass is 127. The number of benzene rings is 2. The molecule has 0 radical (unpaired) electrons. The number of hydrogen-bond donors (Lipinski definition) is 2. The van der Waals surface area contributed by atoms with Crippen LogP contribution in [0.2, 0.25) is 5.02 Å². The molecule has 0 saturated heterocycles. The van der Waals surface area contributed by atoms with Crippen LogP contribution in [0.4, 0.5) is 0 Å². The first kappa shape index (κ1) is 23.7. The summed E-state index contributed by atoms with van der Waals surface area (Å²) in [5.74, 6) is 2.46. The molecule has 2 N–H and O–H groups in total. The molecule has 32 heavy (non-hydrogen) atoms. The molecule has 8 nitrogen and oxygen atoms in total. The van der Waals surface area contributed by atoms with Crippen molar-refractivity contribution >= 4 is 41.5 Å². The average Bonchev–Trinajstić information content (AvgIpc) is 3.45. The molecule has 0 atom stereocenters. The number of aromatic amines is 1. The van der Waals surface area contributed by atoms with Crippen LogP contribution in [0.15, 0.2) is 70.3 Å². The third kappa shape index (κ3) is 5.86. The minimum absolute atomic E-state index is 0. The topological polar surface area (TPSA) is 95.2 Å². The van der Waals surface area contributed by atoms with Crippen LogP contribution in [0, 0.1) is 0 Å². The van der Waals surface area contributed by atoms with Gasteiger partial charge < -0.3 is 19.7 Å². The van der Waals surface area contributed by atoms with Crippen molar-refractivity contribution in [3.63, 3.8) is 0 Å². The highest BCUT2D eigenvalue weighted by Gasteiger charge is 2.13. The first-order chi connectivity index (χ1) is 15.1. The maximum absolute atomic E-state index is 6.03. The van der Waals surface area contributed by atoms with Gasteiger partial charge in [-0.25, -0.2) is 4.98 Å². The van der Waals surface area contributed by atoms with Crippen LogP contribution in [-0.4, -0.2) is 45.1 Å². The van der Waals surface area contributed by atoms with Gasteiger partial charge in [-0.15, -0.1) is 24.0 Å². The monoisotopic (exact) mass is 563 g/mol. The van der Waals surface area contributed by atoms with Crippen molar-refractivity contribution in [1.29, 1.82) is 0 Å². The summed E-state index contributed by atoms with van der Waals surface area (Å²) in [7, 11) is 3.66. The molecule has 0 saturated carbocycles. The molecule has 4 aromatic rings. The zero-order valence-electron chi connectivity index (χ0n) is 17.6. The van der Waals surface area contributed by atoms with Gasteiger partial charge in [0.25, 0.3) is 0 Å². The van der Waals surface area contributed by atoms with Crippen LogP contribution < -0.4 is 5.32 Å². The number of nitrogens with one attached hydrogen (secondary N) is 2. The molecule has 0 spiro atoms. The van der Waals surface area contributed by atoms with Crippen molar-refractivity contribution in [3.8, 4) is 22.6 Å². The van der Waals surface area contributed by atoms with Gasteiger partial charge in [0, 0.05) is 24.7 Å². The standard InChI is InChI=1S/C22H22ClN7O.HI/c1-24-22(26-13-20-28-21(29-31-20)16-9-6-10-17(23)11-16)30(2)14-19-25-12-18(27-19)15-7-4-3-5-8-15;/h3-12H,13-14H2,1-2H3,(H,24,26)(H,25,27);1H. The summed E-state index contributed by atoms with van der Waals surface area (Å²) in [5, 5.41) is 7.88. The Morgan fingerprint density at radius 1 is 1.16 bits per heavy atom. The Morgan fingerprint density at radius 3 is 2.69 bits per heavy atom. The zero-order chi connectivity index (χ0) is 21.6. The van der Waals surface area contributed by atoms with E-state index in [-0.39, 0.29) is 24.0 Å². The van der Waals surface area contributed by atoms with Crippen LogP contribution >= 0.6 is 35.6 Å². The molecule has 0 aliphatic heterocycles. The van der Waals surface area contributed by atoms with Gasteiger partial charge in [0.2, 0.25) is 11.7 Å². The molecule has 0 unspecified atom stereocenters. The molecule has 0 bridgehead atoms. The van der Waals surface area contributed by atoms with E-state index in [0.29, 0.717) is 35.8 Å². The summed E-state index contributed by atoms with van der Waals surface area (Å²) in [4.78, 5) is 18.5. The van der Waals surface area contributed by atoms with Crippen LogP contribution in [-0.2, 0) is 13.1 Å². The van der Waals surface area contributed by atoms with E-state index >= 15 is 0 Å². The predicted molar refractivity (Wildman–Crippen MR) is 136 cm³/mol. The molecule has 2 aromatic carbocycles. The van der Waals surface area contributed by atoms with Gasteiger partial charge in [-0.2, -0.15) is 4.98 Å². The zero-order valence-corrected chi connectivity index (χ0v) is 20.7. The van der Waals surface area contributed by atoms with Crippen LogP contribution in [0.25, 0.3) is 22.6 Å². The summed E-state index contributed by atoms with van der Waals surface area (Å²) in [5.41, 5.74) is 2.88. The minimum atomic E-state index is 0. The molecular formula is C22H23ClIN7O. The lowest BCUT2D eigenvalue weighted by atomic mass is 10.2. The maximum Gasteiger partial charge on any atom is 0.246 e. The van der Waals surface area contributed by atoms with Crippen LogP contribution in [0.3, 0.4) is 0 Å². The van der Waals surface area contributed by atoms with Gasteiger partial charge >= 0.3 is 0 Å². The number of H-pyrrole nitrogens is 1. The number of imidazole rings is 1. The van der Waals surface area contributed by atoms with E-state index < -0.39 is 0 Å². The molecule has 4 rings (SSSR count). The van der Waals surface area contributed by atoms with Crippen molar-refractivity contribution < 1.29 is 4.52 Å². The Morgan fingerprint density at radius 2 is 1.94 bits per heavy atom. The fourth-order valence-corrected chi connectivity index (χ4v) is 3.31. The highest BCUT2D eigenvalue weighted by molar-refractivity contribution is 14.0. The molecule has 2 aromatic heterocycles. The Labute approximate surface area is 208 Å². The van der Waals surface area contributed by atoms with Crippen molar-refractivity contribution in [3.05, 3.63) is 77.5 Å². The second-order valence-electron chi connectivity index (χ2n) is 6.89. The third-order valence-corrected chi connectivity index (χ3v) is 4.86. The van der Waals surface area contributed by atoms with E-state index in [1.807, 2.05) is 60.6 Å². The van der Waals surface area contributed by atoms with Crippen LogP contribution in [0.1, 0.15) is 11.7 Å². The quantitative estimate of drug-likeness (QED) is 0.202. The van der Waals surface area contributed by atoms with Crippen LogP contribution in [0.5, 0.6) is 0 Å². The Hall–Kier alpha value is -2.92. The Kier molecular flexibility index (Phi) is 8.23. The van der Waals surface area contributed by atoms with Crippen molar-refractivity contribution in [2.24, 2.45) is 4.99 Å². The van der Waals surface area contributed by atoms with Gasteiger partial charge in [-0.05, 0) is 17.7 Å². The molecule has 0 aliphatic carbocycles. The summed E-state index contributed by atoms with van der Waals surface area (Å²) >= 11 is 6.03. The second-order valence-corrected chi connectivity index (χ2v) is 7.32. The fourth-order valence-electron chi connectivity index (χ4n) is 3.12. The van der Waals surface area contributed by atoms with E-state index in [2.05, 4.69) is 30.4 Å². The molecular weight excluding hydrogens is 541 g/mol. The number of aliphatic imine (C=N–C) groups is 1. The molecule has 0 fully saturated rings. The number of hydrogen-bond acceptors (Lipinski definition) is 5. The molecule has 2 heterocycles. The second kappa shape index (κ2) is 11.1. The largest absolute Gasteiger partial charge is 0.347 e. The fraction of sp³-hybridized carbons (Fsp3) is 0.182. The lowest BCUT2D eigenvalue weighted by Gasteiger charge is -2.20. The highest BCUT2D eigenvalue weighted by Crippen LogP contribution is 2.20. The predicted octanol–water partition coefficient (Wildman–Crippen LogP) is 4.61. The number of nitrogens with zero attached hydrogens (tertiary/aromatic N) is 5. The third-order valence-electron chi connectivity index (χ3n) is 4.62. The number of halogens is 2. The van der Waals surface area contributed by atoms with Gasteiger partial charge in [-0.3, -0.25) is 4.99 Å². The van der Waals surface area contributed by atoms with Crippen molar-refractivity contribution in [2.45, 2.75) is 13.1 Å². The lowest BCUT2D eigenvalue weighted by molar-refractivity contribution is 0.371. The van der Waals surface area contributed by atoms with Crippen molar-refractivity contribution in [2.75, 3.05) is 14.1 Å². The minimum Gasteiger partial charge on any atom is -0.347 e.